The molecule has 5 nitrogen and oxygen atoms in total. The van der Waals surface area contributed by atoms with E-state index in [0.717, 1.165) is 9.75 Å². The third-order valence-corrected chi connectivity index (χ3v) is 4.21. The van der Waals surface area contributed by atoms with Gasteiger partial charge in [-0.3, -0.25) is 9.59 Å². The number of nitrogens with zero attached hydrogens (tertiary/aromatic N) is 2. The van der Waals surface area contributed by atoms with Crippen LogP contribution in [-0.4, -0.2) is 53.8 Å². The Hall–Kier alpha value is -1.40. The van der Waals surface area contributed by atoms with Gasteiger partial charge in [-0.1, -0.05) is 0 Å². The molecule has 1 aliphatic heterocycles. The Labute approximate surface area is 117 Å². The van der Waals surface area contributed by atoms with Gasteiger partial charge in [0.15, 0.2) is 0 Å². The van der Waals surface area contributed by atoms with Gasteiger partial charge in [-0.2, -0.15) is 0 Å². The van der Waals surface area contributed by atoms with Crippen LogP contribution < -0.4 is 5.73 Å². The Morgan fingerprint density at radius 2 is 1.79 bits per heavy atom. The van der Waals surface area contributed by atoms with Crippen molar-refractivity contribution in [3.63, 3.8) is 0 Å². The predicted molar refractivity (Wildman–Crippen MR) is 75.2 cm³/mol. The lowest BCUT2D eigenvalue weighted by atomic mass is 10.2. The molecule has 2 heterocycles. The summed E-state index contributed by atoms with van der Waals surface area (Å²) in [5.74, 6) is 0.0186. The van der Waals surface area contributed by atoms with E-state index in [1.165, 1.54) is 11.3 Å². The molecule has 1 aromatic heterocycles. The van der Waals surface area contributed by atoms with Crippen molar-refractivity contribution in [3.8, 4) is 0 Å². The fourth-order valence-electron chi connectivity index (χ4n) is 2.12. The van der Waals surface area contributed by atoms with Gasteiger partial charge < -0.3 is 15.5 Å². The maximum absolute atomic E-state index is 12.2. The highest BCUT2D eigenvalue weighted by atomic mass is 32.1. The van der Waals surface area contributed by atoms with Crippen molar-refractivity contribution < 1.29 is 9.59 Å². The molecule has 1 atom stereocenters. The second-order valence-corrected chi connectivity index (χ2v) is 6.10. The Morgan fingerprint density at radius 1 is 1.21 bits per heavy atom. The predicted octanol–water partition coefficient (Wildman–Crippen LogP) is 0.688. The van der Waals surface area contributed by atoms with Crippen LogP contribution in [0.1, 0.15) is 21.5 Å². The molecule has 1 aromatic rings. The topological polar surface area (TPSA) is 66.6 Å². The Balaban J connectivity index is 1.93. The molecular formula is C13H19N3O2S. The zero-order valence-electron chi connectivity index (χ0n) is 11.3. The number of piperazine rings is 1. The molecule has 0 unspecified atom stereocenters. The second kappa shape index (κ2) is 5.71. The minimum absolute atomic E-state index is 0.0425. The molecule has 0 radical (unpaired) electrons. The number of carbonyl (C=O) groups is 2. The van der Waals surface area contributed by atoms with Crippen molar-refractivity contribution >= 4 is 23.2 Å². The van der Waals surface area contributed by atoms with Crippen LogP contribution in [0.4, 0.5) is 0 Å². The first-order valence-electron chi connectivity index (χ1n) is 6.39. The maximum Gasteiger partial charge on any atom is 0.264 e. The first-order valence-corrected chi connectivity index (χ1v) is 7.21. The summed E-state index contributed by atoms with van der Waals surface area (Å²) in [7, 11) is 0. The highest BCUT2D eigenvalue weighted by Crippen LogP contribution is 2.18. The van der Waals surface area contributed by atoms with Gasteiger partial charge >= 0.3 is 0 Å². The van der Waals surface area contributed by atoms with Crippen molar-refractivity contribution in [2.75, 3.05) is 26.2 Å². The lowest BCUT2D eigenvalue weighted by Gasteiger charge is -2.35. The van der Waals surface area contributed by atoms with E-state index in [1.807, 2.05) is 19.1 Å². The fraction of sp³-hybridized carbons (Fsp3) is 0.538. The SMILES string of the molecule is Cc1ccc(C(=O)N2CCN(C(=O)[C@H](C)N)CC2)s1. The van der Waals surface area contributed by atoms with Gasteiger partial charge in [0.2, 0.25) is 5.91 Å². The summed E-state index contributed by atoms with van der Waals surface area (Å²) in [4.78, 5) is 29.4. The number of thiophene rings is 1. The average molecular weight is 281 g/mol. The van der Waals surface area contributed by atoms with Crippen LogP contribution in [0.5, 0.6) is 0 Å². The molecule has 2 N–H and O–H groups in total. The molecule has 2 rings (SSSR count). The highest BCUT2D eigenvalue weighted by Gasteiger charge is 2.26. The molecule has 0 bridgehead atoms. The van der Waals surface area contributed by atoms with E-state index in [2.05, 4.69) is 0 Å². The summed E-state index contributed by atoms with van der Waals surface area (Å²) >= 11 is 1.51. The van der Waals surface area contributed by atoms with Crippen LogP contribution in [0.25, 0.3) is 0 Å². The maximum atomic E-state index is 12.2. The summed E-state index contributed by atoms with van der Waals surface area (Å²) < 4.78 is 0. The lowest BCUT2D eigenvalue weighted by Crippen LogP contribution is -2.53. The Kier molecular flexibility index (Phi) is 4.21. The van der Waals surface area contributed by atoms with E-state index < -0.39 is 6.04 Å². The van der Waals surface area contributed by atoms with Crippen LogP contribution in [0.3, 0.4) is 0 Å². The summed E-state index contributed by atoms with van der Waals surface area (Å²) in [6, 6.07) is 3.34. The number of rotatable bonds is 2. The van der Waals surface area contributed by atoms with E-state index in [1.54, 1.807) is 16.7 Å². The van der Waals surface area contributed by atoms with Gasteiger partial charge in [0.05, 0.1) is 10.9 Å². The number of amides is 2. The number of aryl methyl sites for hydroxylation is 1. The molecule has 1 saturated heterocycles. The van der Waals surface area contributed by atoms with Crippen molar-refractivity contribution in [2.24, 2.45) is 5.73 Å². The molecule has 0 aromatic carbocycles. The van der Waals surface area contributed by atoms with Gasteiger partial charge in [-0.25, -0.2) is 0 Å². The van der Waals surface area contributed by atoms with E-state index in [-0.39, 0.29) is 11.8 Å². The molecule has 1 aliphatic rings. The standard InChI is InChI=1S/C13H19N3O2S/c1-9-3-4-11(19-9)13(18)16-7-5-15(6-8-16)12(17)10(2)14/h3-4,10H,5-8,14H2,1-2H3/t10-/m0/s1. The minimum atomic E-state index is -0.470. The first-order chi connectivity index (χ1) is 8.99. The largest absolute Gasteiger partial charge is 0.338 e. The Morgan fingerprint density at radius 3 is 2.26 bits per heavy atom. The van der Waals surface area contributed by atoms with E-state index in [9.17, 15) is 9.59 Å². The zero-order valence-corrected chi connectivity index (χ0v) is 12.1. The normalized spacial score (nSPS) is 17.4. The first kappa shape index (κ1) is 14.0. The molecule has 1 fully saturated rings. The summed E-state index contributed by atoms with van der Waals surface area (Å²) in [6.45, 7) is 5.96. The number of hydrogen-bond donors (Lipinski definition) is 1. The van der Waals surface area contributed by atoms with Gasteiger partial charge in [0.25, 0.3) is 5.91 Å². The fourth-order valence-corrected chi connectivity index (χ4v) is 2.96. The van der Waals surface area contributed by atoms with Crippen LogP contribution in [0, 0.1) is 6.92 Å². The van der Waals surface area contributed by atoms with Crippen LogP contribution >= 0.6 is 11.3 Å². The van der Waals surface area contributed by atoms with Crippen LogP contribution in [-0.2, 0) is 4.79 Å². The van der Waals surface area contributed by atoms with Crippen molar-refractivity contribution in [1.29, 1.82) is 0 Å². The van der Waals surface area contributed by atoms with Crippen molar-refractivity contribution in [3.05, 3.63) is 21.9 Å². The van der Waals surface area contributed by atoms with E-state index >= 15 is 0 Å². The number of nitrogens with two attached hydrogens (primary N) is 1. The van der Waals surface area contributed by atoms with Crippen LogP contribution in [0.15, 0.2) is 12.1 Å². The molecule has 0 saturated carbocycles. The van der Waals surface area contributed by atoms with Gasteiger partial charge in [-0.05, 0) is 26.0 Å². The van der Waals surface area contributed by atoms with Crippen LogP contribution in [0.2, 0.25) is 0 Å². The van der Waals surface area contributed by atoms with Gasteiger partial charge in [0, 0.05) is 31.1 Å². The summed E-state index contributed by atoms with van der Waals surface area (Å²) in [5.41, 5.74) is 5.58. The smallest absolute Gasteiger partial charge is 0.264 e. The van der Waals surface area contributed by atoms with E-state index in [0.29, 0.717) is 26.2 Å². The minimum Gasteiger partial charge on any atom is -0.338 e. The summed E-state index contributed by atoms with van der Waals surface area (Å²) in [6.07, 6.45) is 0. The molecule has 19 heavy (non-hydrogen) atoms. The lowest BCUT2D eigenvalue weighted by molar-refractivity contribution is -0.133. The summed E-state index contributed by atoms with van der Waals surface area (Å²) in [5, 5.41) is 0. The average Bonchev–Trinajstić information content (AvgIpc) is 2.84. The third-order valence-electron chi connectivity index (χ3n) is 3.22. The van der Waals surface area contributed by atoms with Crippen molar-refractivity contribution in [1.82, 2.24) is 9.80 Å². The molecule has 0 aliphatic carbocycles. The monoisotopic (exact) mass is 281 g/mol. The highest BCUT2D eigenvalue weighted by molar-refractivity contribution is 7.13. The third kappa shape index (κ3) is 3.13. The molecule has 0 spiro atoms. The molecular weight excluding hydrogens is 262 g/mol. The van der Waals surface area contributed by atoms with Crippen molar-refractivity contribution in [2.45, 2.75) is 19.9 Å². The molecule has 6 heteroatoms. The van der Waals surface area contributed by atoms with Gasteiger partial charge in [-0.15, -0.1) is 11.3 Å². The molecule has 2 amide bonds. The van der Waals surface area contributed by atoms with E-state index in [4.69, 9.17) is 5.73 Å². The number of carbonyl (C=O) groups excluding carboxylic acids is 2. The second-order valence-electron chi connectivity index (χ2n) is 4.82. The molecule has 104 valence electrons. The van der Waals surface area contributed by atoms with Gasteiger partial charge in [0.1, 0.15) is 0 Å². The number of hydrogen-bond acceptors (Lipinski definition) is 4. The quantitative estimate of drug-likeness (QED) is 0.867. The zero-order chi connectivity index (χ0) is 14.0. The Bertz CT molecular complexity index is 476.